The van der Waals surface area contributed by atoms with Crippen molar-refractivity contribution in [1.29, 1.82) is 0 Å². The second-order valence-electron chi connectivity index (χ2n) is 5.84. The van der Waals surface area contributed by atoms with Crippen LogP contribution >= 0.6 is 0 Å². The first-order chi connectivity index (χ1) is 12.0. The SMILES string of the molecule is CCCN(C)c1ccc(C(=O)NCc2ccc(NC(N)=O)cc2)cc1. The third-order valence-corrected chi connectivity index (χ3v) is 3.80. The summed E-state index contributed by atoms with van der Waals surface area (Å²) >= 11 is 0. The summed E-state index contributed by atoms with van der Waals surface area (Å²) in [5.41, 5.74) is 8.33. The lowest BCUT2D eigenvalue weighted by molar-refractivity contribution is 0.0951. The van der Waals surface area contributed by atoms with Gasteiger partial charge in [0.05, 0.1) is 0 Å². The zero-order chi connectivity index (χ0) is 18.2. The molecule has 0 saturated heterocycles. The Morgan fingerprint density at radius 3 is 2.24 bits per heavy atom. The van der Waals surface area contributed by atoms with Gasteiger partial charge in [-0.25, -0.2) is 4.79 Å². The third kappa shape index (κ3) is 5.53. The topological polar surface area (TPSA) is 87.5 Å². The Labute approximate surface area is 148 Å². The number of nitrogens with two attached hydrogens (primary N) is 1. The standard InChI is InChI=1S/C19H24N4O2/c1-3-12-23(2)17-10-6-15(7-11-17)18(24)21-13-14-4-8-16(9-5-14)22-19(20)25/h4-11H,3,12-13H2,1-2H3,(H,21,24)(H3,20,22,25). The number of nitrogens with one attached hydrogen (secondary N) is 2. The van der Waals surface area contributed by atoms with Gasteiger partial charge < -0.3 is 21.3 Å². The van der Waals surface area contributed by atoms with Crippen molar-refractivity contribution in [2.75, 3.05) is 23.8 Å². The van der Waals surface area contributed by atoms with Crippen molar-refractivity contribution in [3.63, 3.8) is 0 Å². The molecular weight excluding hydrogens is 316 g/mol. The van der Waals surface area contributed by atoms with Crippen molar-refractivity contribution in [2.45, 2.75) is 19.9 Å². The molecule has 2 aromatic rings. The molecule has 0 aliphatic carbocycles. The molecule has 0 bridgehead atoms. The van der Waals surface area contributed by atoms with Crippen LogP contribution in [0.2, 0.25) is 0 Å². The molecule has 0 saturated carbocycles. The number of hydrogen-bond donors (Lipinski definition) is 3. The number of primary amides is 1. The van der Waals surface area contributed by atoms with Crippen LogP contribution in [0.25, 0.3) is 0 Å². The number of hydrogen-bond acceptors (Lipinski definition) is 3. The number of nitrogens with zero attached hydrogens (tertiary/aromatic N) is 1. The van der Waals surface area contributed by atoms with E-state index in [0.29, 0.717) is 17.8 Å². The van der Waals surface area contributed by atoms with E-state index in [1.54, 1.807) is 12.1 Å². The second-order valence-corrected chi connectivity index (χ2v) is 5.84. The molecule has 6 heteroatoms. The lowest BCUT2D eigenvalue weighted by Crippen LogP contribution is -2.23. The molecule has 0 spiro atoms. The van der Waals surface area contributed by atoms with Crippen LogP contribution < -0.4 is 21.3 Å². The van der Waals surface area contributed by atoms with Gasteiger partial charge in [0.1, 0.15) is 0 Å². The van der Waals surface area contributed by atoms with Crippen LogP contribution in [0.15, 0.2) is 48.5 Å². The van der Waals surface area contributed by atoms with Gasteiger partial charge in [-0.15, -0.1) is 0 Å². The van der Waals surface area contributed by atoms with Gasteiger partial charge in [-0.05, 0) is 48.4 Å². The average molecular weight is 340 g/mol. The fourth-order valence-electron chi connectivity index (χ4n) is 2.46. The predicted molar refractivity (Wildman–Crippen MR) is 101 cm³/mol. The smallest absolute Gasteiger partial charge is 0.316 e. The van der Waals surface area contributed by atoms with Crippen LogP contribution in [0, 0.1) is 0 Å². The van der Waals surface area contributed by atoms with Gasteiger partial charge in [0.25, 0.3) is 5.91 Å². The van der Waals surface area contributed by atoms with E-state index in [4.69, 9.17) is 5.73 Å². The van der Waals surface area contributed by atoms with E-state index in [1.807, 2.05) is 43.4 Å². The molecule has 0 radical (unpaired) electrons. The number of urea groups is 1. The molecule has 0 aromatic heterocycles. The molecule has 0 atom stereocenters. The minimum atomic E-state index is -0.603. The summed E-state index contributed by atoms with van der Waals surface area (Å²) in [6.07, 6.45) is 1.08. The fraction of sp³-hybridized carbons (Fsp3) is 0.263. The Morgan fingerprint density at radius 1 is 1.04 bits per heavy atom. The van der Waals surface area contributed by atoms with Gasteiger partial charge in [0, 0.05) is 37.1 Å². The maximum absolute atomic E-state index is 12.2. The fourth-order valence-corrected chi connectivity index (χ4v) is 2.46. The molecule has 6 nitrogen and oxygen atoms in total. The molecule has 0 heterocycles. The van der Waals surface area contributed by atoms with Gasteiger partial charge >= 0.3 is 6.03 Å². The Morgan fingerprint density at radius 2 is 1.68 bits per heavy atom. The summed E-state index contributed by atoms with van der Waals surface area (Å²) in [7, 11) is 2.04. The molecule has 0 unspecified atom stereocenters. The van der Waals surface area contributed by atoms with Crippen LogP contribution in [0.1, 0.15) is 29.3 Å². The Balaban J connectivity index is 1.90. The van der Waals surface area contributed by atoms with Crippen LogP contribution in [-0.2, 0) is 6.54 Å². The van der Waals surface area contributed by atoms with Crippen LogP contribution in [0.3, 0.4) is 0 Å². The van der Waals surface area contributed by atoms with E-state index in [9.17, 15) is 9.59 Å². The zero-order valence-electron chi connectivity index (χ0n) is 14.6. The summed E-state index contributed by atoms with van der Waals surface area (Å²) in [6, 6.07) is 14.1. The quantitative estimate of drug-likeness (QED) is 0.724. The highest BCUT2D eigenvalue weighted by atomic mass is 16.2. The minimum Gasteiger partial charge on any atom is -0.375 e. The highest BCUT2D eigenvalue weighted by Crippen LogP contribution is 2.14. The van der Waals surface area contributed by atoms with Crippen LogP contribution in [0.4, 0.5) is 16.2 Å². The molecule has 0 fully saturated rings. The van der Waals surface area contributed by atoms with Gasteiger partial charge in [-0.3, -0.25) is 4.79 Å². The van der Waals surface area contributed by atoms with Crippen molar-refractivity contribution in [2.24, 2.45) is 5.73 Å². The number of carbonyl (C=O) groups excluding carboxylic acids is 2. The Bertz CT molecular complexity index is 711. The van der Waals surface area contributed by atoms with E-state index >= 15 is 0 Å². The lowest BCUT2D eigenvalue weighted by Gasteiger charge is -2.18. The zero-order valence-corrected chi connectivity index (χ0v) is 14.6. The van der Waals surface area contributed by atoms with Gasteiger partial charge in [0.15, 0.2) is 0 Å². The van der Waals surface area contributed by atoms with Crippen molar-refractivity contribution in [3.05, 3.63) is 59.7 Å². The van der Waals surface area contributed by atoms with Crippen LogP contribution in [-0.4, -0.2) is 25.5 Å². The van der Waals surface area contributed by atoms with E-state index in [1.165, 1.54) is 0 Å². The lowest BCUT2D eigenvalue weighted by atomic mass is 10.1. The summed E-state index contributed by atoms with van der Waals surface area (Å²) in [6.45, 7) is 3.52. The minimum absolute atomic E-state index is 0.121. The highest BCUT2D eigenvalue weighted by Gasteiger charge is 2.07. The number of carbonyl (C=O) groups is 2. The van der Waals surface area contributed by atoms with Gasteiger partial charge in [-0.1, -0.05) is 19.1 Å². The molecule has 0 aliphatic heterocycles. The molecule has 0 aliphatic rings. The molecule has 2 aromatic carbocycles. The first kappa shape index (κ1) is 18.3. The number of anilines is 2. The molecule has 2 rings (SSSR count). The molecule has 4 N–H and O–H groups in total. The van der Waals surface area contributed by atoms with E-state index in [2.05, 4.69) is 22.5 Å². The van der Waals surface area contributed by atoms with E-state index < -0.39 is 6.03 Å². The molecule has 25 heavy (non-hydrogen) atoms. The number of rotatable bonds is 7. The van der Waals surface area contributed by atoms with Gasteiger partial charge in [0.2, 0.25) is 0 Å². The second kappa shape index (κ2) is 8.73. The molecule has 132 valence electrons. The van der Waals surface area contributed by atoms with Crippen molar-refractivity contribution < 1.29 is 9.59 Å². The van der Waals surface area contributed by atoms with E-state index in [-0.39, 0.29) is 5.91 Å². The Kier molecular flexibility index (Phi) is 6.39. The van der Waals surface area contributed by atoms with Crippen molar-refractivity contribution >= 4 is 23.3 Å². The average Bonchev–Trinajstić information content (AvgIpc) is 2.61. The first-order valence-electron chi connectivity index (χ1n) is 8.24. The molecular formula is C19H24N4O2. The number of amides is 3. The summed E-state index contributed by atoms with van der Waals surface area (Å²) in [5.74, 6) is -0.121. The predicted octanol–water partition coefficient (Wildman–Crippen LogP) is 2.95. The van der Waals surface area contributed by atoms with Crippen LogP contribution in [0.5, 0.6) is 0 Å². The maximum atomic E-state index is 12.2. The molecule has 3 amide bonds. The number of benzene rings is 2. The van der Waals surface area contributed by atoms with E-state index in [0.717, 1.165) is 24.2 Å². The van der Waals surface area contributed by atoms with Crippen molar-refractivity contribution in [1.82, 2.24) is 5.32 Å². The summed E-state index contributed by atoms with van der Waals surface area (Å²) < 4.78 is 0. The Hall–Kier alpha value is -3.02. The third-order valence-electron chi connectivity index (χ3n) is 3.80. The highest BCUT2D eigenvalue weighted by molar-refractivity contribution is 5.94. The van der Waals surface area contributed by atoms with Crippen molar-refractivity contribution in [3.8, 4) is 0 Å². The monoisotopic (exact) mass is 340 g/mol. The largest absolute Gasteiger partial charge is 0.375 e. The summed E-state index contributed by atoms with van der Waals surface area (Å²) in [4.78, 5) is 25.2. The first-order valence-corrected chi connectivity index (χ1v) is 8.24. The van der Waals surface area contributed by atoms with Gasteiger partial charge in [-0.2, -0.15) is 0 Å². The maximum Gasteiger partial charge on any atom is 0.316 e. The summed E-state index contributed by atoms with van der Waals surface area (Å²) in [5, 5.41) is 5.38. The normalized spacial score (nSPS) is 10.2.